The van der Waals surface area contributed by atoms with Gasteiger partial charge in [-0.3, -0.25) is 14.6 Å². The van der Waals surface area contributed by atoms with Crippen molar-refractivity contribution < 1.29 is 4.79 Å². The number of anilines is 2. The summed E-state index contributed by atoms with van der Waals surface area (Å²) < 4.78 is 1.22. The first-order valence-electron chi connectivity index (χ1n) is 11.2. The normalized spacial score (nSPS) is 13.8. The van der Waals surface area contributed by atoms with Crippen LogP contribution in [0.3, 0.4) is 0 Å². The van der Waals surface area contributed by atoms with Crippen LogP contribution in [0.1, 0.15) is 15.9 Å². The number of carbonyl (C=O) groups is 1. The minimum absolute atomic E-state index is 0.0174. The average molecular weight is 565 g/mol. The molecule has 0 aliphatic carbocycles. The summed E-state index contributed by atoms with van der Waals surface area (Å²) in [6.45, 7) is 3.10. The summed E-state index contributed by atoms with van der Waals surface area (Å²) in [4.78, 5) is 36.8. The van der Waals surface area contributed by atoms with E-state index in [-0.39, 0.29) is 11.5 Å². The fourth-order valence-electron chi connectivity index (χ4n) is 4.10. The Bertz CT molecular complexity index is 1380. The van der Waals surface area contributed by atoms with Crippen LogP contribution < -0.4 is 15.8 Å². The number of amides is 1. The van der Waals surface area contributed by atoms with Gasteiger partial charge in [0.1, 0.15) is 0 Å². The van der Waals surface area contributed by atoms with Gasteiger partial charge >= 0.3 is 0 Å². The van der Waals surface area contributed by atoms with Gasteiger partial charge in [0.05, 0.1) is 10.9 Å². The number of nitrogens with zero attached hydrogens (tertiary/aromatic N) is 3. The number of H-pyrrole nitrogens is 1. The highest BCUT2D eigenvalue weighted by molar-refractivity contribution is 14.1. The Morgan fingerprint density at radius 3 is 2.41 bits per heavy atom. The van der Waals surface area contributed by atoms with E-state index in [2.05, 4.69) is 50.0 Å². The molecule has 172 valence electrons. The third kappa shape index (κ3) is 4.77. The summed E-state index contributed by atoms with van der Waals surface area (Å²) in [7, 11) is 0. The third-order valence-corrected chi connectivity index (χ3v) is 7.09. The number of hydrogen-bond donors (Lipinski definition) is 2. The number of fused-ring (bicyclic) bond motifs is 1. The van der Waals surface area contributed by atoms with Crippen LogP contribution in [-0.2, 0) is 6.54 Å². The molecule has 1 aliphatic rings. The van der Waals surface area contributed by atoms with E-state index in [9.17, 15) is 9.59 Å². The topological polar surface area (TPSA) is 81.3 Å². The van der Waals surface area contributed by atoms with Crippen LogP contribution in [0.25, 0.3) is 10.9 Å². The van der Waals surface area contributed by atoms with Crippen molar-refractivity contribution in [2.24, 2.45) is 0 Å². The molecule has 0 spiro atoms. The molecule has 3 aromatic carbocycles. The van der Waals surface area contributed by atoms with Gasteiger partial charge < -0.3 is 15.1 Å². The van der Waals surface area contributed by atoms with E-state index in [4.69, 9.17) is 0 Å². The van der Waals surface area contributed by atoms with Crippen molar-refractivity contribution in [1.29, 1.82) is 0 Å². The summed E-state index contributed by atoms with van der Waals surface area (Å²) in [5, 5.41) is 4.00. The predicted molar refractivity (Wildman–Crippen MR) is 143 cm³/mol. The first kappa shape index (κ1) is 22.4. The largest absolute Gasteiger partial charge is 0.381 e. The van der Waals surface area contributed by atoms with Crippen LogP contribution in [0.5, 0.6) is 0 Å². The van der Waals surface area contributed by atoms with Gasteiger partial charge in [-0.15, -0.1) is 0 Å². The quantitative estimate of drug-likeness (QED) is 0.357. The number of aromatic nitrogens is 2. The van der Waals surface area contributed by atoms with E-state index < -0.39 is 0 Å². The van der Waals surface area contributed by atoms with Crippen molar-refractivity contribution in [2.45, 2.75) is 6.54 Å². The van der Waals surface area contributed by atoms with Crippen LogP contribution in [0.2, 0.25) is 0 Å². The number of nitrogens with one attached hydrogen (secondary N) is 2. The van der Waals surface area contributed by atoms with Crippen molar-refractivity contribution in [3.05, 3.63) is 97.8 Å². The lowest BCUT2D eigenvalue weighted by molar-refractivity contribution is 0.0746. The molecule has 1 fully saturated rings. The zero-order chi connectivity index (χ0) is 23.5. The lowest BCUT2D eigenvalue weighted by atomic mass is 10.1. The van der Waals surface area contributed by atoms with Gasteiger partial charge in [0, 0.05) is 47.5 Å². The Hall–Kier alpha value is -3.40. The molecule has 0 radical (unpaired) electrons. The minimum Gasteiger partial charge on any atom is -0.381 e. The molecular weight excluding hydrogens is 541 g/mol. The molecule has 2 heterocycles. The predicted octanol–water partition coefficient (Wildman–Crippen LogP) is 4.10. The van der Waals surface area contributed by atoms with E-state index in [0.717, 1.165) is 12.2 Å². The third-order valence-electron chi connectivity index (χ3n) is 6.04. The number of carbonyl (C=O) groups excluding carboxylic acids is 1. The number of halogens is 1. The minimum atomic E-state index is -0.144. The van der Waals surface area contributed by atoms with E-state index in [1.54, 1.807) is 6.07 Å². The Morgan fingerprint density at radius 2 is 1.65 bits per heavy atom. The van der Waals surface area contributed by atoms with Crippen LogP contribution in [0.4, 0.5) is 11.6 Å². The summed E-state index contributed by atoms with van der Waals surface area (Å²) in [5.74, 6) is 0.572. The fraction of sp³-hybridized carbons (Fsp3) is 0.192. The Labute approximate surface area is 211 Å². The number of benzene rings is 3. The highest BCUT2D eigenvalue weighted by Crippen LogP contribution is 2.18. The van der Waals surface area contributed by atoms with Gasteiger partial charge in [-0.05, 0) is 70.6 Å². The second-order valence-electron chi connectivity index (χ2n) is 8.21. The zero-order valence-corrected chi connectivity index (χ0v) is 20.7. The molecule has 1 amide bonds. The van der Waals surface area contributed by atoms with Crippen molar-refractivity contribution >= 4 is 51.0 Å². The Morgan fingerprint density at radius 1 is 0.941 bits per heavy atom. The Balaban J connectivity index is 1.19. The molecule has 1 saturated heterocycles. The molecule has 1 aliphatic heterocycles. The molecule has 2 N–H and O–H groups in total. The molecule has 7 nitrogen and oxygen atoms in total. The summed E-state index contributed by atoms with van der Waals surface area (Å²) >= 11 is 2.34. The average Bonchev–Trinajstić information content (AvgIpc) is 2.88. The molecule has 0 saturated carbocycles. The second kappa shape index (κ2) is 9.84. The van der Waals surface area contributed by atoms with Crippen molar-refractivity contribution in [2.75, 3.05) is 36.4 Å². The maximum absolute atomic E-state index is 13.0. The molecule has 4 aromatic rings. The smallest absolute Gasteiger partial charge is 0.260 e. The first-order chi connectivity index (χ1) is 16.6. The van der Waals surface area contributed by atoms with Crippen LogP contribution in [0, 0.1) is 3.57 Å². The van der Waals surface area contributed by atoms with Gasteiger partial charge in [0.15, 0.2) is 0 Å². The van der Waals surface area contributed by atoms with E-state index in [0.29, 0.717) is 48.6 Å². The summed E-state index contributed by atoms with van der Waals surface area (Å²) in [6, 6.07) is 23.2. The molecule has 0 bridgehead atoms. The second-order valence-corrected chi connectivity index (χ2v) is 9.37. The number of para-hydroxylation sites is 1. The van der Waals surface area contributed by atoms with E-state index in [1.807, 2.05) is 64.4 Å². The van der Waals surface area contributed by atoms with Gasteiger partial charge in [0.2, 0.25) is 5.95 Å². The summed E-state index contributed by atoms with van der Waals surface area (Å²) in [5.41, 5.74) is 3.42. The van der Waals surface area contributed by atoms with Crippen molar-refractivity contribution in [1.82, 2.24) is 14.9 Å². The van der Waals surface area contributed by atoms with Crippen molar-refractivity contribution in [3.63, 3.8) is 0 Å². The van der Waals surface area contributed by atoms with Gasteiger partial charge in [-0.1, -0.05) is 30.3 Å². The van der Waals surface area contributed by atoms with E-state index in [1.165, 1.54) is 9.13 Å². The molecule has 34 heavy (non-hydrogen) atoms. The molecular formula is C26H24IN5O2. The molecule has 8 heteroatoms. The fourth-order valence-corrected chi connectivity index (χ4v) is 4.68. The van der Waals surface area contributed by atoms with Gasteiger partial charge in [-0.2, -0.15) is 0 Å². The number of rotatable bonds is 5. The summed E-state index contributed by atoms with van der Waals surface area (Å²) in [6.07, 6.45) is 0. The van der Waals surface area contributed by atoms with Crippen LogP contribution >= 0.6 is 22.6 Å². The van der Waals surface area contributed by atoms with Gasteiger partial charge in [0.25, 0.3) is 11.5 Å². The number of aromatic amines is 1. The lowest BCUT2D eigenvalue weighted by Crippen LogP contribution is -2.49. The molecule has 1 aromatic heterocycles. The maximum Gasteiger partial charge on any atom is 0.260 e. The lowest BCUT2D eigenvalue weighted by Gasteiger charge is -2.35. The molecule has 0 atom stereocenters. The molecule has 0 unspecified atom stereocenters. The highest BCUT2D eigenvalue weighted by Gasteiger charge is 2.23. The van der Waals surface area contributed by atoms with Crippen LogP contribution in [0.15, 0.2) is 77.6 Å². The number of piperazine rings is 1. The Kier molecular flexibility index (Phi) is 6.48. The SMILES string of the molecule is O=C(c1ccc(NCc2ccccc2I)cc1)N1CCN(c2nc3ccccc3c(=O)[nH]2)CC1. The van der Waals surface area contributed by atoms with E-state index >= 15 is 0 Å². The van der Waals surface area contributed by atoms with Gasteiger partial charge in [-0.25, -0.2) is 4.98 Å². The standard InChI is InChI=1S/C26H24IN5O2/c27-22-7-3-1-5-19(22)17-28-20-11-9-18(10-12-20)25(34)31-13-15-32(16-14-31)26-29-23-8-4-2-6-21(23)24(33)30-26/h1-12,28H,13-17H2,(H,29,30,33). The molecule has 5 rings (SSSR count). The van der Waals surface area contributed by atoms with Crippen molar-refractivity contribution in [3.8, 4) is 0 Å². The maximum atomic E-state index is 13.0. The highest BCUT2D eigenvalue weighted by atomic mass is 127. The van der Waals surface area contributed by atoms with Crippen LogP contribution in [-0.4, -0.2) is 47.0 Å². The first-order valence-corrected chi connectivity index (χ1v) is 12.3. The zero-order valence-electron chi connectivity index (χ0n) is 18.5. The number of hydrogen-bond acceptors (Lipinski definition) is 5. The monoisotopic (exact) mass is 565 g/mol.